The molecular weight excluding hydrogens is 307 g/mol. The van der Waals surface area contributed by atoms with Crippen LogP contribution in [0, 0.1) is 6.92 Å². The molecule has 0 atom stereocenters. The van der Waals surface area contributed by atoms with Crippen molar-refractivity contribution < 1.29 is 13.2 Å². The number of anilines is 1. The van der Waals surface area contributed by atoms with E-state index in [1.54, 1.807) is 0 Å². The number of aryl methyl sites for hydroxylation is 2. The van der Waals surface area contributed by atoms with Crippen LogP contribution in [0.25, 0.3) is 11.0 Å². The van der Waals surface area contributed by atoms with Gasteiger partial charge in [0.2, 0.25) is 0 Å². The van der Waals surface area contributed by atoms with E-state index in [1.165, 1.54) is 6.07 Å². The van der Waals surface area contributed by atoms with Crippen LogP contribution < -0.4 is 5.32 Å². The Bertz CT molecular complexity index is 837. The summed E-state index contributed by atoms with van der Waals surface area (Å²) in [7, 11) is 1.90. The van der Waals surface area contributed by atoms with Gasteiger partial charge in [0.15, 0.2) is 5.69 Å². The lowest BCUT2D eigenvalue weighted by molar-refractivity contribution is -0.141. The number of imidazole rings is 1. The van der Waals surface area contributed by atoms with E-state index >= 15 is 0 Å². The van der Waals surface area contributed by atoms with Gasteiger partial charge in [-0.05, 0) is 30.7 Å². The lowest BCUT2D eigenvalue weighted by Crippen LogP contribution is -2.11. The third kappa shape index (κ3) is 2.96. The van der Waals surface area contributed by atoms with Crippen LogP contribution in [0.15, 0.2) is 30.3 Å². The molecule has 3 rings (SSSR count). The Balaban J connectivity index is 1.79. The summed E-state index contributed by atoms with van der Waals surface area (Å²) in [5.74, 6) is 1.03. The van der Waals surface area contributed by atoms with Crippen molar-refractivity contribution in [3.05, 3.63) is 47.4 Å². The standard InChI is InChI=1S/C15H14F3N5/c1-9-4-3-5-10-14(9)23(2)13(20-10)8-19-12-7-6-11(21-22-12)15(16,17)18/h3-7H,8H2,1-2H3,(H,19,22). The molecule has 120 valence electrons. The van der Waals surface area contributed by atoms with Crippen molar-refractivity contribution in [1.29, 1.82) is 0 Å². The largest absolute Gasteiger partial charge is 0.435 e. The predicted octanol–water partition coefficient (Wildman–Crippen LogP) is 3.30. The average Bonchev–Trinajstić information content (AvgIpc) is 2.82. The van der Waals surface area contributed by atoms with Gasteiger partial charge < -0.3 is 9.88 Å². The minimum atomic E-state index is -4.49. The SMILES string of the molecule is Cc1cccc2nc(CNc3ccc(C(F)(F)F)nn3)n(C)c12. The van der Waals surface area contributed by atoms with E-state index in [9.17, 15) is 13.2 Å². The van der Waals surface area contributed by atoms with E-state index in [-0.39, 0.29) is 5.82 Å². The van der Waals surface area contributed by atoms with Gasteiger partial charge in [0, 0.05) is 7.05 Å². The van der Waals surface area contributed by atoms with Crippen molar-refractivity contribution in [3.63, 3.8) is 0 Å². The van der Waals surface area contributed by atoms with Crippen LogP contribution in [-0.2, 0) is 19.8 Å². The smallest absolute Gasteiger partial charge is 0.361 e. The molecule has 0 fully saturated rings. The number of benzene rings is 1. The van der Waals surface area contributed by atoms with E-state index < -0.39 is 11.9 Å². The molecular formula is C15H14F3N5. The van der Waals surface area contributed by atoms with Crippen molar-refractivity contribution in [2.24, 2.45) is 7.05 Å². The number of nitrogens with zero attached hydrogens (tertiary/aromatic N) is 4. The maximum atomic E-state index is 12.4. The van der Waals surface area contributed by atoms with Gasteiger partial charge in [0.1, 0.15) is 11.6 Å². The molecule has 0 saturated carbocycles. The zero-order valence-corrected chi connectivity index (χ0v) is 12.5. The van der Waals surface area contributed by atoms with E-state index in [0.29, 0.717) is 6.54 Å². The second kappa shape index (κ2) is 5.53. The van der Waals surface area contributed by atoms with Crippen molar-refractivity contribution in [1.82, 2.24) is 19.7 Å². The van der Waals surface area contributed by atoms with Gasteiger partial charge in [0.25, 0.3) is 0 Å². The van der Waals surface area contributed by atoms with Crippen LogP contribution in [0.4, 0.5) is 19.0 Å². The molecule has 2 aromatic heterocycles. The summed E-state index contributed by atoms with van der Waals surface area (Å²) in [5, 5.41) is 9.66. The molecule has 0 aliphatic rings. The van der Waals surface area contributed by atoms with E-state index in [4.69, 9.17) is 0 Å². The summed E-state index contributed by atoms with van der Waals surface area (Å²) in [6.07, 6.45) is -4.49. The molecule has 1 N–H and O–H groups in total. The number of fused-ring (bicyclic) bond motifs is 1. The quantitative estimate of drug-likeness (QED) is 0.804. The molecule has 0 unspecified atom stereocenters. The molecule has 0 spiro atoms. The first-order valence-electron chi connectivity index (χ1n) is 6.92. The number of aromatic nitrogens is 4. The maximum absolute atomic E-state index is 12.4. The van der Waals surface area contributed by atoms with E-state index in [0.717, 1.165) is 28.5 Å². The Morgan fingerprint density at radius 1 is 1.13 bits per heavy atom. The molecule has 2 heterocycles. The Kier molecular flexibility index (Phi) is 3.67. The summed E-state index contributed by atoms with van der Waals surface area (Å²) >= 11 is 0. The number of hydrogen-bond acceptors (Lipinski definition) is 4. The topological polar surface area (TPSA) is 55.6 Å². The highest BCUT2D eigenvalue weighted by atomic mass is 19.4. The molecule has 8 heteroatoms. The first-order valence-corrected chi connectivity index (χ1v) is 6.92. The van der Waals surface area contributed by atoms with Crippen LogP contribution >= 0.6 is 0 Å². The molecule has 0 aliphatic carbocycles. The van der Waals surface area contributed by atoms with E-state index in [2.05, 4.69) is 20.5 Å². The third-order valence-electron chi connectivity index (χ3n) is 3.57. The average molecular weight is 321 g/mol. The fraction of sp³-hybridized carbons (Fsp3) is 0.267. The first kappa shape index (κ1) is 15.3. The zero-order chi connectivity index (χ0) is 16.6. The fourth-order valence-corrected chi connectivity index (χ4v) is 2.42. The molecule has 23 heavy (non-hydrogen) atoms. The molecule has 1 aromatic carbocycles. The summed E-state index contributed by atoms with van der Waals surface area (Å²) in [6, 6.07) is 8.01. The second-order valence-corrected chi connectivity index (χ2v) is 5.18. The van der Waals surface area contributed by atoms with E-state index in [1.807, 2.05) is 36.7 Å². The van der Waals surface area contributed by atoms with Crippen LogP contribution in [0.3, 0.4) is 0 Å². The van der Waals surface area contributed by atoms with Crippen molar-refractivity contribution in [2.75, 3.05) is 5.32 Å². The molecule has 5 nitrogen and oxygen atoms in total. The highest BCUT2D eigenvalue weighted by Gasteiger charge is 2.32. The third-order valence-corrected chi connectivity index (χ3v) is 3.57. The fourth-order valence-electron chi connectivity index (χ4n) is 2.42. The summed E-state index contributed by atoms with van der Waals surface area (Å²) in [5.41, 5.74) is 2.00. The predicted molar refractivity (Wildman–Crippen MR) is 79.8 cm³/mol. The van der Waals surface area contributed by atoms with Crippen molar-refractivity contribution in [3.8, 4) is 0 Å². The summed E-state index contributed by atoms with van der Waals surface area (Å²) < 4.78 is 39.3. The number of halogens is 3. The zero-order valence-electron chi connectivity index (χ0n) is 12.5. The number of nitrogens with one attached hydrogen (secondary N) is 1. The molecule has 0 bridgehead atoms. The Morgan fingerprint density at radius 2 is 1.91 bits per heavy atom. The minimum absolute atomic E-state index is 0.266. The molecule has 0 saturated heterocycles. The minimum Gasteiger partial charge on any atom is -0.361 e. The summed E-state index contributed by atoms with van der Waals surface area (Å²) in [4.78, 5) is 4.52. The van der Waals surface area contributed by atoms with Gasteiger partial charge in [0.05, 0.1) is 17.6 Å². The Hall–Kier alpha value is -2.64. The van der Waals surface area contributed by atoms with Crippen molar-refractivity contribution >= 4 is 16.9 Å². The number of hydrogen-bond donors (Lipinski definition) is 1. The Morgan fingerprint density at radius 3 is 2.52 bits per heavy atom. The van der Waals surface area contributed by atoms with Crippen LogP contribution in [0.5, 0.6) is 0 Å². The monoisotopic (exact) mass is 321 g/mol. The summed E-state index contributed by atoms with van der Waals surface area (Å²) in [6.45, 7) is 2.34. The van der Waals surface area contributed by atoms with Gasteiger partial charge in [-0.2, -0.15) is 13.2 Å². The molecule has 0 radical (unpaired) electrons. The number of para-hydroxylation sites is 1. The lowest BCUT2D eigenvalue weighted by Gasteiger charge is -2.08. The normalized spacial score (nSPS) is 11.9. The molecule has 0 aliphatic heterocycles. The van der Waals surface area contributed by atoms with Crippen LogP contribution in [-0.4, -0.2) is 19.7 Å². The number of alkyl halides is 3. The molecule has 0 amide bonds. The van der Waals surface area contributed by atoms with Crippen LogP contribution in [0.1, 0.15) is 17.1 Å². The maximum Gasteiger partial charge on any atom is 0.435 e. The van der Waals surface area contributed by atoms with Crippen molar-refractivity contribution in [2.45, 2.75) is 19.6 Å². The first-order chi connectivity index (χ1) is 10.9. The number of rotatable bonds is 3. The highest BCUT2D eigenvalue weighted by Crippen LogP contribution is 2.27. The Labute approximate surface area is 130 Å². The molecule has 3 aromatic rings. The van der Waals surface area contributed by atoms with Gasteiger partial charge in [-0.3, -0.25) is 0 Å². The van der Waals surface area contributed by atoms with Gasteiger partial charge in [-0.1, -0.05) is 12.1 Å². The van der Waals surface area contributed by atoms with Crippen LogP contribution in [0.2, 0.25) is 0 Å². The highest BCUT2D eigenvalue weighted by molar-refractivity contribution is 5.79. The second-order valence-electron chi connectivity index (χ2n) is 5.18. The van der Waals surface area contributed by atoms with Gasteiger partial charge in [-0.15, -0.1) is 10.2 Å². The lowest BCUT2D eigenvalue weighted by atomic mass is 10.2. The van der Waals surface area contributed by atoms with Gasteiger partial charge in [-0.25, -0.2) is 4.98 Å². The van der Waals surface area contributed by atoms with Gasteiger partial charge >= 0.3 is 6.18 Å².